The van der Waals surface area contributed by atoms with Crippen molar-refractivity contribution in [3.63, 3.8) is 0 Å². The largest absolute Gasteiger partial charge is 0.345 e. The molecule has 8 heteroatoms. The first-order chi connectivity index (χ1) is 10.2. The SMILES string of the molecule is Cc1ccc(-c2nn[nH]n2)cc1NC(C#N)=C(C#N)C#N. The molecule has 0 unspecified atom stereocenters. The Bertz CT molecular complexity index is 795. The maximum absolute atomic E-state index is 9.05. The molecule has 0 atom stereocenters. The summed E-state index contributed by atoms with van der Waals surface area (Å²) in [7, 11) is 0. The maximum atomic E-state index is 9.05. The lowest BCUT2D eigenvalue weighted by Crippen LogP contribution is -2.02. The van der Waals surface area contributed by atoms with Gasteiger partial charge in [0.1, 0.15) is 23.9 Å². The van der Waals surface area contributed by atoms with Gasteiger partial charge in [-0.1, -0.05) is 12.1 Å². The van der Waals surface area contributed by atoms with Crippen LogP contribution >= 0.6 is 0 Å². The molecule has 0 radical (unpaired) electrons. The van der Waals surface area contributed by atoms with Crippen molar-refractivity contribution in [1.29, 1.82) is 15.8 Å². The second kappa shape index (κ2) is 5.96. The van der Waals surface area contributed by atoms with Gasteiger partial charge in [-0.2, -0.15) is 21.0 Å². The lowest BCUT2D eigenvalue weighted by molar-refractivity contribution is 0.881. The number of H-pyrrole nitrogens is 1. The van der Waals surface area contributed by atoms with E-state index < -0.39 is 0 Å². The molecule has 2 rings (SSSR count). The van der Waals surface area contributed by atoms with E-state index >= 15 is 0 Å². The minimum absolute atomic E-state index is 0.103. The van der Waals surface area contributed by atoms with E-state index in [1.807, 2.05) is 13.0 Å². The van der Waals surface area contributed by atoms with Gasteiger partial charge in [0.15, 0.2) is 5.57 Å². The van der Waals surface area contributed by atoms with Crippen molar-refractivity contribution in [1.82, 2.24) is 20.6 Å². The molecular weight excluding hydrogens is 268 g/mol. The molecule has 1 heterocycles. The van der Waals surface area contributed by atoms with Crippen LogP contribution in [-0.4, -0.2) is 20.6 Å². The van der Waals surface area contributed by atoms with E-state index in [1.54, 1.807) is 30.3 Å². The Morgan fingerprint density at radius 3 is 2.52 bits per heavy atom. The van der Waals surface area contributed by atoms with E-state index in [0.717, 1.165) is 5.56 Å². The summed E-state index contributed by atoms with van der Waals surface area (Å²) in [6, 6.07) is 10.5. The molecule has 0 aliphatic rings. The lowest BCUT2D eigenvalue weighted by atomic mass is 10.1. The number of nitriles is 3. The topological polar surface area (TPSA) is 138 Å². The summed E-state index contributed by atoms with van der Waals surface area (Å²) in [5.74, 6) is 0.404. The Morgan fingerprint density at radius 2 is 1.95 bits per heavy atom. The molecular formula is C13H8N8. The summed E-state index contributed by atoms with van der Waals surface area (Å²) in [5.41, 5.74) is 1.72. The first-order valence-corrected chi connectivity index (χ1v) is 5.75. The van der Waals surface area contributed by atoms with Gasteiger partial charge in [-0.15, -0.1) is 10.2 Å². The molecule has 0 spiro atoms. The third-order valence-corrected chi connectivity index (χ3v) is 2.69. The monoisotopic (exact) mass is 276 g/mol. The molecule has 1 aromatic heterocycles. The lowest BCUT2D eigenvalue weighted by Gasteiger charge is -2.09. The second-order valence-corrected chi connectivity index (χ2v) is 3.98. The molecule has 0 bridgehead atoms. The number of allylic oxidation sites excluding steroid dienone is 2. The fourth-order valence-electron chi connectivity index (χ4n) is 1.60. The molecule has 100 valence electrons. The summed E-state index contributed by atoms with van der Waals surface area (Å²) in [4.78, 5) is 0. The number of nitrogens with one attached hydrogen (secondary N) is 2. The Morgan fingerprint density at radius 1 is 1.19 bits per heavy atom. The third-order valence-electron chi connectivity index (χ3n) is 2.69. The number of hydrogen-bond acceptors (Lipinski definition) is 7. The maximum Gasteiger partial charge on any atom is 0.204 e. The average Bonchev–Trinajstić information content (AvgIpc) is 3.03. The number of aromatic nitrogens is 4. The highest BCUT2D eigenvalue weighted by Gasteiger charge is 2.10. The van der Waals surface area contributed by atoms with E-state index in [0.29, 0.717) is 17.1 Å². The van der Waals surface area contributed by atoms with Gasteiger partial charge in [0.05, 0.1) is 0 Å². The molecule has 0 saturated heterocycles. The zero-order chi connectivity index (χ0) is 15.2. The smallest absolute Gasteiger partial charge is 0.204 e. The van der Waals surface area contributed by atoms with Crippen LogP contribution in [0.4, 0.5) is 5.69 Å². The number of nitrogens with zero attached hydrogens (tertiary/aromatic N) is 6. The molecule has 2 N–H and O–H groups in total. The van der Waals surface area contributed by atoms with Crippen LogP contribution in [0.3, 0.4) is 0 Å². The Balaban J connectivity index is 2.44. The zero-order valence-corrected chi connectivity index (χ0v) is 10.9. The number of anilines is 1. The fraction of sp³-hybridized carbons (Fsp3) is 0.0769. The van der Waals surface area contributed by atoms with E-state index in [4.69, 9.17) is 15.8 Å². The quantitative estimate of drug-likeness (QED) is 0.808. The predicted molar refractivity (Wildman–Crippen MR) is 71.8 cm³/mol. The second-order valence-electron chi connectivity index (χ2n) is 3.98. The summed E-state index contributed by atoms with van der Waals surface area (Å²) < 4.78 is 0. The molecule has 0 aliphatic heterocycles. The average molecular weight is 276 g/mol. The third kappa shape index (κ3) is 2.83. The van der Waals surface area contributed by atoms with E-state index in [-0.39, 0.29) is 11.3 Å². The number of aryl methyl sites for hydroxylation is 1. The number of tetrazole rings is 1. The van der Waals surface area contributed by atoms with Crippen LogP contribution in [-0.2, 0) is 0 Å². The van der Waals surface area contributed by atoms with Crippen molar-refractivity contribution in [3.05, 3.63) is 35.0 Å². The van der Waals surface area contributed by atoms with Gasteiger partial charge in [0.25, 0.3) is 0 Å². The highest BCUT2D eigenvalue weighted by Crippen LogP contribution is 2.24. The minimum Gasteiger partial charge on any atom is -0.345 e. The van der Waals surface area contributed by atoms with Crippen molar-refractivity contribution < 1.29 is 0 Å². The highest BCUT2D eigenvalue weighted by molar-refractivity contribution is 5.68. The van der Waals surface area contributed by atoms with Gasteiger partial charge in [-0.25, -0.2) is 0 Å². The van der Waals surface area contributed by atoms with E-state index in [1.165, 1.54) is 0 Å². The number of benzene rings is 1. The van der Waals surface area contributed by atoms with Crippen LogP contribution < -0.4 is 5.32 Å². The van der Waals surface area contributed by atoms with Crippen molar-refractivity contribution in [2.24, 2.45) is 0 Å². The fourth-order valence-corrected chi connectivity index (χ4v) is 1.60. The molecule has 1 aromatic carbocycles. The van der Waals surface area contributed by atoms with Crippen molar-refractivity contribution in [3.8, 4) is 29.6 Å². The molecule has 21 heavy (non-hydrogen) atoms. The van der Waals surface area contributed by atoms with Crippen LogP contribution in [0.2, 0.25) is 0 Å². The summed E-state index contributed by atoms with van der Waals surface area (Å²) >= 11 is 0. The summed E-state index contributed by atoms with van der Waals surface area (Å²) in [6.07, 6.45) is 0. The van der Waals surface area contributed by atoms with Crippen molar-refractivity contribution >= 4 is 5.69 Å². The first kappa shape index (κ1) is 13.7. The molecule has 0 aliphatic carbocycles. The van der Waals surface area contributed by atoms with Gasteiger partial charge in [-0.05, 0) is 23.8 Å². The van der Waals surface area contributed by atoms with Crippen LogP contribution in [0, 0.1) is 40.9 Å². The molecule has 8 nitrogen and oxygen atoms in total. The Kier molecular flexibility index (Phi) is 3.90. The van der Waals surface area contributed by atoms with Crippen molar-refractivity contribution in [2.45, 2.75) is 6.92 Å². The Labute approximate surface area is 119 Å². The van der Waals surface area contributed by atoms with E-state index in [2.05, 4.69) is 25.9 Å². The molecule has 2 aromatic rings. The van der Waals surface area contributed by atoms with Gasteiger partial charge in [-0.3, -0.25) is 0 Å². The van der Waals surface area contributed by atoms with E-state index in [9.17, 15) is 0 Å². The summed E-state index contributed by atoms with van der Waals surface area (Å²) in [5, 5.41) is 43.1. The van der Waals surface area contributed by atoms with Gasteiger partial charge in [0.2, 0.25) is 5.82 Å². The molecule has 0 fully saturated rings. The molecule has 0 saturated carbocycles. The first-order valence-electron chi connectivity index (χ1n) is 5.75. The Hall–Kier alpha value is -3.70. The van der Waals surface area contributed by atoms with Crippen molar-refractivity contribution in [2.75, 3.05) is 5.32 Å². The number of rotatable bonds is 3. The van der Waals surface area contributed by atoms with Gasteiger partial charge < -0.3 is 5.32 Å². The molecule has 0 amide bonds. The van der Waals surface area contributed by atoms with Crippen LogP contribution in [0.15, 0.2) is 29.5 Å². The van der Waals surface area contributed by atoms with Gasteiger partial charge in [0, 0.05) is 11.3 Å². The minimum atomic E-state index is -0.276. The number of hydrogen-bond donors (Lipinski definition) is 2. The van der Waals surface area contributed by atoms with Crippen LogP contribution in [0.25, 0.3) is 11.4 Å². The van der Waals surface area contributed by atoms with Crippen LogP contribution in [0.5, 0.6) is 0 Å². The normalized spacial score (nSPS) is 9.05. The highest BCUT2D eigenvalue weighted by atomic mass is 15.5. The standard InChI is InChI=1S/C13H8N8/c1-8-2-3-9(13-18-20-21-19-13)4-11(8)17-12(7-16)10(5-14)6-15/h2-4,17H,1H3,(H,18,19,20,21). The summed E-state index contributed by atoms with van der Waals surface area (Å²) in [6.45, 7) is 1.83. The zero-order valence-electron chi connectivity index (χ0n) is 10.9. The van der Waals surface area contributed by atoms with Gasteiger partial charge >= 0.3 is 0 Å². The van der Waals surface area contributed by atoms with Crippen LogP contribution in [0.1, 0.15) is 5.56 Å². The predicted octanol–water partition coefficient (Wildman–Crippen LogP) is 1.41. The number of aromatic amines is 1.